The van der Waals surface area contributed by atoms with Crippen LogP contribution in [-0.4, -0.2) is 25.6 Å². The van der Waals surface area contributed by atoms with Crippen LogP contribution in [0.2, 0.25) is 0 Å². The quantitative estimate of drug-likeness (QED) is 0.512. The van der Waals surface area contributed by atoms with Gasteiger partial charge in [0.05, 0.1) is 6.26 Å². The molecule has 0 amide bonds. The molecule has 3 aromatic heterocycles. The molecule has 0 bridgehead atoms. The molecule has 0 aliphatic rings. The van der Waals surface area contributed by atoms with Crippen molar-refractivity contribution in [2.75, 3.05) is 5.75 Å². The number of aromatic nitrogens is 4. The van der Waals surface area contributed by atoms with Crippen LogP contribution in [0.1, 0.15) is 5.56 Å². The third-order valence-corrected chi connectivity index (χ3v) is 4.30. The Kier molecular flexibility index (Phi) is 4.12. The molecule has 0 spiro atoms. The lowest BCUT2D eigenvalue weighted by Crippen LogP contribution is -1.96. The summed E-state index contributed by atoms with van der Waals surface area (Å²) < 4.78 is 7.15. The van der Waals surface area contributed by atoms with Gasteiger partial charge in [0.25, 0.3) is 0 Å². The molecule has 4 rings (SSSR count). The molecule has 6 heteroatoms. The van der Waals surface area contributed by atoms with Crippen LogP contribution in [-0.2, 0) is 0 Å². The van der Waals surface area contributed by atoms with E-state index in [4.69, 9.17) is 4.42 Å². The van der Waals surface area contributed by atoms with Gasteiger partial charge in [-0.2, -0.15) is 9.61 Å². The maximum atomic E-state index is 5.40. The van der Waals surface area contributed by atoms with Crippen molar-refractivity contribution in [2.24, 2.45) is 0 Å². The van der Waals surface area contributed by atoms with Crippen molar-refractivity contribution < 1.29 is 4.42 Å². The predicted octanol–water partition coefficient (Wildman–Crippen LogP) is 4.19. The number of thioether (sulfide) groups is 1. The van der Waals surface area contributed by atoms with Crippen LogP contribution in [0.4, 0.5) is 0 Å². The molecule has 0 N–H and O–H groups in total. The van der Waals surface area contributed by atoms with E-state index in [2.05, 4.69) is 39.6 Å². The summed E-state index contributed by atoms with van der Waals surface area (Å²) in [5.41, 5.74) is 2.66. The minimum atomic E-state index is 0.722. The minimum Gasteiger partial charge on any atom is -0.463 e. The number of hydrogen-bond acceptors (Lipinski definition) is 5. The summed E-state index contributed by atoms with van der Waals surface area (Å²) in [6.07, 6.45) is 5.84. The van der Waals surface area contributed by atoms with Crippen LogP contribution < -0.4 is 0 Å². The van der Waals surface area contributed by atoms with Gasteiger partial charge in [0.15, 0.2) is 11.4 Å². The minimum absolute atomic E-state index is 0.722. The van der Waals surface area contributed by atoms with Gasteiger partial charge < -0.3 is 4.42 Å². The van der Waals surface area contributed by atoms with Crippen molar-refractivity contribution in [3.63, 3.8) is 0 Å². The average Bonchev–Trinajstić information content (AvgIpc) is 3.29. The van der Waals surface area contributed by atoms with Gasteiger partial charge in [-0.3, -0.25) is 0 Å². The lowest BCUT2D eigenvalue weighted by atomic mass is 10.2. The molecule has 0 fully saturated rings. The highest BCUT2D eigenvalue weighted by molar-refractivity contribution is 7.99. The maximum absolute atomic E-state index is 5.40. The summed E-state index contributed by atoms with van der Waals surface area (Å²) in [6, 6.07) is 17.7. The molecule has 0 aliphatic carbocycles. The highest BCUT2D eigenvalue weighted by Crippen LogP contribution is 2.21. The van der Waals surface area contributed by atoms with Crippen molar-refractivity contribution in [2.45, 2.75) is 5.16 Å². The number of furan rings is 1. The van der Waals surface area contributed by atoms with Gasteiger partial charge in [0.2, 0.25) is 5.16 Å². The fourth-order valence-electron chi connectivity index (χ4n) is 2.29. The first kappa shape index (κ1) is 14.7. The first-order valence-electron chi connectivity index (χ1n) is 7.51. The Morgan fingerprint density at radius 3 is 2.75 bits per heavy atom. The van der Waals surface area contributed by atoms with Crippen LogP contribution in [0.3, 0.4) is 0 Å². The van der Waals surface area contributed by atoms with Crippen LogP contribution in [0.5, 0.6) is 0 Å². The lowest BCUT2D eigenvalue weighted by Gasteiger charge is -1.99. The van der Waals surface area contributed by atoms with E-state index in [0.29, 0.717) is 0 Å². The van der Waals surface area contributed by atoms with Crippen molar-refractivity contribution in [1.29, 1.82) is 0 Å². The van der Waals surface area contributed by atoms with Gasteiger partial charge in [-0.15, -0.1) is 10.2 Å². The summed E-state index contributed by atoms with van der Waals surface area (Å²) in [5, 5.41) is 13.7. The molecule has 0 saturated heterocycles. The van der Waals surface area contributed by atoms with Gasteiger partial charge in [0, 0.05) is 5.75 Å². The van der Waals surface area contributed by atoms with E-state index >= 15 is 0 Å². The van der Waals surface area contributed by atoms with Crippen molar-refractivity contribution in [3.05, 3.63) is 72.5 Å². The summed E-state index contributed by atoms with van der Waals surface area (Å²) in [6.45, 7) is 0. The number of hydrogen-bond donors (Lipinski definition) is 0. The number of fused-ring (bicyclic) bond motifs is 1. The smallest absolute Gasteiger partial charge is 0.212 e. The van der Waals surface area contributed by atoms with Gasteiger partial charge >= 0.3 is 0 Å². The molecule has 0 aliphatic heterocycles. The topological polar surface area (TPSA) is 56.2 Å². The Labute approximate surface area is 143 Å². The molecule has 4 aromatic rings. The van der Waals surface area contributed by atoms with Crippen LogP contribution >= 0.6 is 11.8 Å². The Morgan fingerprint density at radius 1 is 1.00 bits per heavy atom. The van der Waals surface area contributed by atoms with Crippen LogP contribution in [0, 0.1) is 0 Å². The van der Waals surface area contributed by atoms with Crippen molar-refractivity contribution in [3.8, 4) is 11.5 Å². The van der Waals surface area contributed by atoms with E-state index in [1.807, 2.05) is 42.5 Å². The fourth-order valence-corrected chi connectivity index (χ4v) is 2.98. The molecule has 24 heavy (non-hydrogen) atoms. The summed E-state index contributed by atoms with van der Waals surface area (Å²) in [5.74, 6) is 1.52. The van der Waals surface area contributed by atoms with Gasteiger partial charge in [-0.05, 0) is 29.8 Å². The maximum Gasteiger partial charge on any atom is 0.212 e. The third-order valence-electron chi connectivity index (χ3n) is 3.43. The van der Waals surface area contributed by atoms with E-state index in [9.17, 15) is 0 Å². The normalized spacial score (nSPS) is 11.5. The Hall–Kier alpha value is -2.86. The third kappa shape index (κ3) is 3.09. The predicted molar refractivity (Wildman–Crippen MR) is 94.7 cm³/mol. The Bertz CT molecular complexity index is 961. The van der Waals surface area contributed by atoms with Gasteiger partial charge in [0.1, 0.15) is 5.69 Å². The number of benzene rings is 1. The van der Waals surface area contributed by atoms with Crippen molar-refractivity contribution in [1.82, 2.24) is 19.8 Å². The molecular formula is C18H14N4OS. The molecule has 118 valence electrons. The van der Waals surface area contributed by atoms with Crippen molar-refractivity contribution >= 4 is 23.5 Å². The number of rotatable bonds is 5. The molecule has 0 unspecified atom stereocenters. The summed E-state index contributed by atoms with van der Waals surface area (Å²) >= 11 is 1.59. The van der Waals surface area contributed by atoms with Crippen LogP contribution in [0.25, 0.3) is 23.2 Å². The van der Waals surface area contributed by atoms with E-state index < -0.39 is 0 Å². The van der Waals surface area contributed by atoms with E-state index in [-0.39, 0.29) is 0 Å². The van der Waals surface area contributed by atoms with E-state index in [0.717, 1.165) is 28.0 Å². The molecule has 0 radical (unpaired) electrons. The summed E-state index contributed by atoms with van der Waals surface area (Å²) in [4.78, 5) is 0. The molecule has 0 saturated carbocycles. The monoisotopic (exact) mass is 334 g/mol. The largest absolute Gasteiger partial charge is 0.463 e. The average molecular weight is 334 g/mol. The zero-order valence-corrected chi connectivity index (χ0v) is 13.6. The molecule has 0 atom stereocenters. The number of nitrogens with zero attached hydrogens (tertiary/aromatic N) is 4. The second-order valence-corrected chi connectivity index (χ2v) is 6.06. The van der Waals surface area contributed by atoms with Gasteiger partial charge in [-0.1, -0.05) is 54.2 Å². The van der Waals surface area contributed by atoms with Gasteiger partial charge in [-0.25, -0.2) is 0 Å². The molecule has 1 aromatic carbocycles. The molecular weight excluding hydrogens is 320 g/mol. The second-order valence-electron chi connectivity index (χ2n) is 5.07. The molecule has 5 nitrogen and oxygen atoms in total. The van der Waals surface area contributed by atoms with E-state index in [1.54, 1.807) is 22.5 Å². The second kappa shape index (κ2) is 6.72. The Morgan fingerprint density at radius 2 is 1.92 bits per heavy atom. The SMILES string of the molecule is C(=C\c1ccccc1)/CSc1nnc2ccc(-c3ccco3)nn12. The van der Waals surface area contributed by atoms with E-state index in [1.165, 1.54) is 5.56 Å². The first-order valence-corrected chi connectivity index (χ1v) is 8.49. The zero-order valence-electron chi connectivity index (χ0n) is 12.7. The fraction of sp³-hybridized carbons (Fsp3) is 0.0556. The van der Waals surface area contributed by atoms with Crippen LogP contribution in [0.15, 0.2) is 76.5 Å². The highest BCUT2D eigenvalue weighted by Gasteiger charge is 2.09. The standard InChI is InChI=1S/C18H14N4OS/c1-2-6-14(7-3-1)8-5-13-24-18-20-19-17-11-10-15(21-22(17)18)16-9-4-12-23-16/h1-12H,13H2/b8-5+. The first-order chi connectivity index (χ1) is 11.9. The highest BCUT2D eigenvalue weighted by atomic mass is 32.2. The lowest BCUT2D eigenvalue weighted by molar-refractivity contribution is 0.577. The Balaban J connectivity index is 1.52. The zero-order chi connectivity index (χ0) is 16.2. The summed E-state index contributed by atoms with van der Waals surface area (Å²) in [7, 11) is 0. The molecule has 3 heterocycles.